The van der Waals surface area contributed by atoms with Gasteiger partial charge in [-0.1, -0.05) is 12.1 Å². The van der Waals surface area contributed by atoms with Crippen LogP contribution in [0.2, 0.25) is 0 Å². The summed E-state index contributed by atoms with van der Waals surface area (Å²) < 4.78 is 36.9. The van der Waals surface area contributed by atoms with E-state index in [1.165, 1.54) is 16.4 Å². The number of carbonyl (C=O) groups is 1. The van der Waals surface area contributed by atoms with Crippen LogP contribution in [0.3, 0.4) is 0 Å². The van der Waals surface area contributed by atoms with Gasteiger partial charge < -0.3 is 4.90 Å². The Bertz CT molecular complexity index is 686. The molecule has 1 aliphatic carbocycles. The summed E-state index contributed by atoms with van der Waals surface area (Å²) in [7, 11) is -3.68. The average molecular weight is 327 g/mol. The van der Waals surface area contributed by atoms with E-state index >= 15 is 0 Å². The van der Waals surface area contributed by atoms with Gasteiger partial charge in [0.1, 0.15) is 5.82 Å². The first-order chi connectivity index (χ1) is 10.4. The van der Waals surface area contributed by atoms with Gasteiger partial charge >= 0.3 is 0 Å². The molecule has 6 nitrogen and oxygen atoms in total. The minimum absolute atomic E-state index is 0.0170. The van der Waals surface area contributed by atoms with Gasteiger partial charge in [0, 0.05) is 32.1 Å². The molecule has 1 saturated carbocycles. The van der Waals surface area contributed by atoms with Crippen LogP contribution in [-0.2, 0) is 15.0 Å². The van der Waals surface area contributed by atoms with Crippen molar-refractivity contribution in [1.82, 2.24) is 9.21 Å². The number of halogens is 1. The lowest BCUT2D eigenvalue weighted by molar-refractivity contribution is -0.133. The molecule has 1 heterocycles. The molecule has 1 amide bonds. The van der Waals surface area contributed by atoms with E-state index in [-0.39, 0.29) is 36.6 Å². The lowest BCUT2D eigenvalue weighted by atomic mass is 10.1. The number of rotatable bonds is 3. The monoisotopic (exact) mass is 327 g/mol. The van der Waals surface area contributed by atoms with Crippen molar-refractivity contribution in [3.63, 3.8) is 0 Å². The van der Waals surface area contributed by atoms with Gasteiger partial charge in [0.25, 0.3) is 10.2 Å². The molecule has 1 aromatic carbocycles. The largest absolute Gasteiger partial charge is 0.340 e. The van der Waals surface area contributed by atoms with Crippen LogP contribution in [0.1, 0.15) is 17.9 Å². The molecule has 0 radical (unpaired) electrons. The molecule has 1 aromatic rings. The van der Waals surface area contributed by atoms with E-state index in [0.29, 0.717) is 13.1 Å². The molecule has 0 bridgehead atoms. The van der Waals surface area contributed by atoms with Gasteiger partial charge in [-0.3, -0.25) is 4.79 Å². The van der Waals surface area contributed by atoms with Crippen LogP contribution in [0, 0.1) is 11.7 Å². The van der Waals surface area contributed by atoms with E-state index in [4.69, 9.17) is 5.14 Å². The van der Waals surface area contributed by atoms with Crippen LogP contribution in [0.25, 0.3) is 0 Å². The van der Waals surface area contributed by atoms with E-state index in [1.54, 1.807) is 11.0 Å². The maximum Gasteiger partial charge on any atom is 0.277 e. The lowest BCUT2D eigenvalue weighted by Crippen LogP contribution is -2.52. The zero-order chi connectivity index (χ0) is 15.9. The summed E-state index contributed by atoms with van der Waals surface area (Å²) in [4.78, 5) is 14.1. The highest BCUT2D eigenvalue weighted by Crippen LogP contribution is 2.48. The number of carbonyl (C=O) groups excluding carboxylic acids is 1. The molecular weight excluding hydrogens is 309 g/mol. The first kappa shape index (κ1) is 15.4. The van der Waals surface area contributed by atoms with Crippen LogP contribution < -0.4 is 5.14 Å². The Kier molecular flexibility index (Phi) is 3.92. The molecule has 8 heteroatoms. The summed E-state index contributed by atoms with van der Waals surface area (Å²) in [6.45, 7) is 1.15. The molecule has 22 heavy (non-hydrogen) atoms. The highest BCUT2D eigenvalue weighted by atomic mass is 32.2. The van der Waals surface area contributed by atoms with Crippen molar-refractivity contribution in [2.45, 2.75) is 12.3 Å². The Morgan fingerprint density at radius 3 is 2.50 bits per heavy atom. The molecule has 1 saturated heterocycles. The number of hydrogen-bond donors (Lipinski definition) is 1. The van der Waals surface area contributed by atoms with Gasteiger partial charge in [0.2, 0.25) is 5.91 Å². The van der Waals surface area contributed by atoms with Crippen molar-refractivity contribution in [1.29, 1.82) is 0 Å². The Hall–Kier alpha value is -1.51. The third-order valence-corrected chi connectivity index (χ3v) is 5.38. The van der Waals surface area contributed by atoms with Crippen LogP contribution in [0.4, 0.5) is 4.39 Å². The predicted molar refractivity (Wildman–Crippen MR) is 78.5 cm³/mol. The van der Waals surface area contributed by atoms with Gasteiger partial charge in [-0.25, -0.2) is 9.53 Å². The molecule has 0 unspecified atom stereocenters. The minimum atomic E-state index is -3.68. The van der Waals surface area contributed by atoms with Crippen molar-refractivity contribution in [3.8, 4) is 0 Å². The minimum Gasteiger partial charge on any atom is -0.340 e. The second-order valence-electron chi connectivity index (χ2n) is 5.77. The maximum absolute atomic E-state index is 13.2. The van der Waals surface area contributed by atoms with Crippen molar-refractivity contribution >= 4 is 16.1 Å². The van der Waals surface area contributed by atoms with Crippen molar-refractivity contribution in [2.75, 3.05) is 26.2 Å². The van der Waals surface area contributed by atoms with Gasteiger partial charge in [-0.15, -0.1) is 0 Å². The third-order valence-electron chi connectivity index (χ3n) is 4.29. The summed E-state index contributed by atoms with van der Waals surface area (Å²) in [5.41, 5.74) is 0.849. The molecule has 0 spiro atoms. The van der Waals surface area contributed by atoms with Crippen LogP contribution in [0.5, 0.6) is 0 Å². The topological polar surface area (TPSA) is 83.7 Å². The van der Waals surface area contributed by atoms with E-state index in [0.717, 1.165) is 12.0 Å². The van der Waals surface area contributed by atoms with E-state index < -0.39 is 10.2 Å². The Morgan fingerprint density at radius 1 is 1.23 bits per heavy atom. The molecule has 120 valence electrons. The molecule has 2 fully saturated rings. The molecule has 0 aromatic heterocycles. The Morgan fingerprint density at radius 2 is 1.91 bits per heavy atom. The molecule has 2 N–H and O–H groups in total. The van der Waals surface area contributed by atoms with Gasteiger partial charge in [0.05, 0.1) is 0 Å². The number of nitrogens with two attached hydrogens (primary N) is 1. The summed E-state index contributed by atoms with van der Waals surface area (Å²) in [6, 6.07) is 6.33. The molecular formula is C14H18FN3O3S. The smallest absolute Gasteiger partial charge is 0.277 e. The molecule has 1 aliphatic heterocycles. The fraction of sp³-hybridized carbons (Fsp3) is 0.500. The molecule has 3 rings (SSSR count). The van der Waals surface area contributed by atoms with Crippen LogP contribution in [-0.4, -0.2) is 49.7 Å². The summed E-state index contributed by atoms with van der Waals surface area (Å²) in [6.07, 6.45) is 0.720. The second-order valence-corrected chi connectivity index (χ2v) is 7.32. The number of piperazine rings is 1. The normalized spacial score (nSPS) is 26.0. The lowest BCUT2D eigenvalue weighted by Gasteiger charge is -2.33. The average Bonchev–Trinajstić information content (AvgIpc) is 3.26. The van der Waals surface area contributed by atoms with Crippen LogP contribution in [0.15, 0.2) is 24.3 Å². The number of amides is 1. The first-order valence-corrected chi connectivity index (χ1v) is 8.69. The zero-order valence-electron chi connectivity index (χ0n) is 12.0. The quantitative estimate of drug-likeness (QED) is 0.865. The fourth-order valence-corrected chi connectivity index (χ4v) is 3.64. The SMILES string of the molecule is NS(=O)(=O)N1CCN(C(=O)[C@@H]2C[C@@H]2c2cccc(F)c2)CC1. The van der Waals surface area contributed by atoms with E-state index in [9.17, 15) is 17.6 Å². The van der Waals surface area contributed by atoms with Crippen LogP contribution >= 0.6 is 0 Å². The van der Waals surface area contributed by atoms with Crippen molar-refractivity contribution in [3.05, 3.63) is 35.6 Å². The van der Waals surface area contributed by atoms with Gasteiger partial charge in [0.15, 0.2) is 0 Å². The summed E-state index contributed by atoms with van der Waals surface area (Å²) in [5, 5.41) is 5.08. The maximum atomic E-state index is 13.2. The van der Waals surface area contributed by atoms with Gasteiger partial charge in [-0.2, -0.15) is 12.7 Å². The number of hydrogen-bond acceptors (Lipinski definition) is 3. The Balaban J connectivity index is 1.58. The molecule has 2 aliphatic rings. The van der Waals surface area contributed by atoms with Crippen molar-refractivity contribution < 1.29 is 17.6 Å². The fourth-order valence-electron chi connectivity index (χ4n) is 2.97. The molecule has 2 atom stereocenters. The summed E-state index contributed by atoms with van der Waals surface area (Å²) in [5.74, 6) is -0.331. The predicted octanol–water partition coefficient (Wildman–Crippen LogP) is 0.277. The first-order valence-electron chi connectivity index (χ1n) is 7.18. The third kappa shape index (κ3) is 3.13. The highest BCUT2D eigenvalue weighted by Gasteiger charge is 2.46. The second kappa shape index (κ2) is 5.60. The van der Waals surface area contributed by atoms with Crippen molar-refractivity contribution in [2.24, 2.45) is 11.1 Å². The number of nitrogens with zero attached hydrogens (tertiary/aromatic N) is 2. The highest BCUT2D eigenvalue weighted by molar-refractivity contribution is 7.86. The van der Waals surface area contributed by atoms with E-state index in [2.05, 4.69) is 0 Å². The van der Waals surface area contributed by atoms with E-state index in [1.807, 2.05) is 6.07 Å². The zero-order valence-corrected chi connectivity index (χ0v) is 12.8. The standard InChI is InChI=1S/C14H18FN3O3S/c15-11-3-1-2-10(8-11)12-9-13(12)14(19)17-4-6-18(7-5-17)22(16,20)21/h1-3,8,12-13H,4-7,9H2,(H2,16,20,21)/t12-,13-/m1/s1. The Labute approximate surface area is 128 Å². The summed E-state index contributed by atoms with van der Waals surface area (Å²) >= 11 is 0. The van der Waals surface area contributed by atoms with Gasteiger partial charge in [-0.05, 0) is 30.0 Å². The number of benzene rings is 1.